The van der Waals surface area contributed by atoms with E-state index in [9.17, 15) is 14.6 Å². The van der Waals surface area contributed by atoms with E-state index in [1.54, 1.807) is 0 Å². The third-order valence-electron chi connectivity index (χ3n) is 7.21. The van der Waals surface area contributed by atoms with Crippen LogP contribution in [0.5, 0.6) is 0 Å². The van der Waals surface area contributed by atoms with Gasteiger partial charge in [-0.25, -0.2) is 38.9 Å². The largest absolute Gasteiger partial charge is 0.386 e. The van der Waals surface area contributed by atoms with Crippen LogP contribution in [0.2, 0.25) is 0 Å². The number of aliphatic hydroxyl groups is 1. The van der Waals surface area contributed by atoms with Crippen LogP contribution >= 0.6 is 25.8 Å². The van der Waals surface area contributed by atoms with Gasteiger partial charge in [-0.1, -0.05) is 12.2 Å². The van der Waals surface area contributed by atoms with Crippen LogP contribution in [0.3, 0.4) is 0 Å². The molecule has 0 saturated carbocycles. The highest BCUT2D eigenvalue weighted by Crippen LogP contribution is 2.58. The molecule has 10 atom stereocenters. The minimum Gasteiger partial charge on any atom is -0.386 e. The number of hydrogen-bond acceptors (Lipinski definition) is 17. The van der Waals surface area contributed by atoms with E-state index >= 15 is 4.39 Å². The number of imidazole rings is 2. The number of hydrogen-bond donors (Lipinski definition) is 5. The Morgan fingerprint density at radius 3 is 2.09 bits per heavy atom. The fourth-order valence-electron chi connectivity index (χ4n) is 5.20. The quantitative estimate of drug-likeness (QED) is 0.141. The molecule has 0 spiro atoms. The number of ether oxygens (including phenoxy) is 2. The Balaban J connectivity index is 1.20. The van der Waals surface area contributed by atoms with Crippen molar-refractivity contribution < 1.29 is 46.5 Å². The van der Waals surface area contributed by atoms with Gasteiger partial charge in [0.2, 0.25) is 0 Å². The van der Waals surface area contributed by atoms with Gasteiger partial charge in [0.05, 0.1) is 25.9 Å². The number of nitrogens with zero attached hydrogens (tertiary/aromatic N) is 8. The summed E-state index contributed by atoms with van der Waals surface area (Å²) in [5.74, 6) is 0.161. The molecule has 3 aliphatic heterocycles. The van der Waals surface area contributed by atoms with Gasteiger partial charge in [0.15, 0.2) is 41.6 Å². The molecule has 0 aliphatic carbocycles. The van der Waals surface area contributed by atoms with Crippen molar-refractivity contribution >= 4 is 71.5 Å². The summed E-state index contributed by atoms with van der Waals surface area (Å²) in [6, 6.07) is 0. The summed E-state index contributed by atoms with van der Waals surface area (Å²) in [5, 5.41) is 11.2. The van der Waals surface area contributed by atoms with Crippen LogP contribution in [-0.4, -0.2) is 98.9 Å². The van der Waals surface area contributed by atoms with Gasteiger partial charge in [0, 0.05) is 0 Å². The predicted octanol–water partition coefficient (Wildman–Crippen LogP) is 0.396. The van der Waals surface area contributed by atoms with E-state index in [0.29, 0.717) is 0 Å². The first-order valence-corrected chi connectivity index (χ1v) is 18.0. The summed E-state index contributed by atoms with van der Waals surface area (Å²) >= 11 is 9.25. The van der Waals surface area contributed by atoms with E-state index in [1.807, 2.05) is 0 Å². The second kappa shape index (κ2) is 11.1. The Hall–Kier alpha value is -2.46. The molecule has 0 aromatic carbocycles. The van der Waals surface area contributed by atoms with E-state index in [0.717, 1.165) is 0 Å². The number of aliphatic hydroxyl groups excluding tert-OH is 1. The Bertz CT molecular complexity index is 1840. The van der Waals surface area contributed by atoms with Gasteiger partial charge in [-0.15, -0.1) is 0 Å². The molecule has 19 nitrogen and oxygen atoms in total. The molecule has 0 amide bonds. The minimum absolute atomic E-state index is 0.0676. The number of fused-ring (bicyclic) bond motifs is 5. The zero-order valence-corrected chi connectivity index (χ0v) is 25.5. The number of anilines is 2. The summed E-state index contributed by atoms with van der Waals surface area (Å²) < 4.78 is 66.0. The normalized spacial score (nSPS) is 38.3. The minimum atomic E-state index is -4.33. The molecule has 4 aromatic rings. The highest BCUT2D eigenvalue weighted by molar-refractivity contribution is 8.44. The molecule has 3 aliphatic rings. The van der Waals surface area contributed by atoms with Crippen molar-refractivity contribution in [2.75, 3.05) is 24.7 Å². The molecule has 4 unspecified atom stereocenters. The Morgan fingerprint density at radius 2 is 1.45 bits per heavy atom. The molecule has 7 heterocycles. The first-order chi connectivity index (χ1) is 20.9. The first kappa shape index (κ1) is 30.2. The molecule has 0 radical (unpaired) electrons. The van der Waals surface area contributed by atoms with Crippen molar-refractivity contribution in [1.82, 2.24) is 39.0 Å². The van der Waals surface area contributed by atoms with Gasteiger partial charge in [-0.2, -0.15) is 0 Å². The topological polar surface area (TPSA) is 252 Å². The van der Waals surface area contributed by atoms with Crippen molar-refractivity contribution in [1.29, 1.82) is 0 Å². The van der Waals surface area contributed by atoms with Crippen LogP contribution in [0.25, 0.3) is 22.3 Å². The van der Waals surface area contributed by atoms with Crippen molar-refractivity contribution in [3.63, 3.8) is 0 Å². The third-order valence-corrected chi connectivity index (χ3v) is 10.4. The highest BCUT2D eigenvalue weighted by Gasteiger charge is 2.53. The van der Waals surface area contributed by atoms with Crippen LogP contribution in [0.4, 0.5) is 16.0 Å². The van der Waals surface area contributed by atoms with E-state index in [4.69, 9.17) is 50.8 Å². The lowest BCUT2D eigenvalue weighted by atomic mass is 10.1. The lowest BCUT2D eigenvalue weighted by Gasteiger charge is -2.27. The van der Waals surface area contributed by atoms with Crippen LogP contribution in [0.1, 0.15) is 12.5 Å². The molecule has 3 fully saturated rings. The number of rotatable bonds is 2. The molecule has 6 N–H and O–H groups in total. The third kappa shape index (κ3) is 5.27. The van der Waals surface area contributed by atoms with Gasteiger partial charge in [-0.3, -0.25) is 22.7 Å². The number of aromatic nitrogens is 8. The monoisotopic (exact) mass is 692 g/mol. The van der Waals surface area contributed by atoms with Gasteiger partial charge < -0.3 is 35.5 Å². The van der Waals surface area contributed by atoms with Crippen molar-refractivity contribution in [3.05, 3.63) is 25.3 Å². The average molecular weight is 693 g/mol. The number of nitrogens with two attached hydrogens (primary N) is 2. The summed E-state index contributed by atoms with van der Waals surface area (Å²) in [6.45, 7) is -9.78. The second-order valence-electron chi connectivity index (χ2n) is 9.90. The fraction of sp³-hybridized carbons (Fsp3) is 0.500. The van der Waals surface area contributed by atoms with Gasteiger partial charge >= 0.3 is 13.5 Å². The Morgan fingerprint density at radius 1 is 0.886 bits per heavy atom. The molecular formula is C20H23FN10O9P2S2. The van der Waals surface area contributed by atoms with E-state index in [2.05, 4.69) is 42.2 Å². The van der Waals surface area contributed by atoms with Crippen LogP contribution < -0.4 is 11.5 Å². The summed E-state index contributed by atoms with van der Waals surface area (Å²) in [7, 11) is 0. The fourth-order valence-corrected chi connectivity index (χ4v) is 8.09. The number of nitrogen functional groups attached to an aromatic ring is 2. The molecule has 236 valence electrons. The lowest BCUT2D eigenvalue weighted by Crippen LogP contribution is -2.36. The van der Waals surface area contributed by atoms with Gasteiger partial charge in [-0.05, 0) is 11.8 Å². The Kier molecular flexibility index (Phi) is 7.63. The van der Waals surface area contributed by atoms with Crippen molar-refractivity contribution in [2.24, 2.45) is 0 Å². The van der Waals surface area contributed by atoms with Gasteiger partial charge in [0.25, 0.3) is 0 Å². The van der Waals surface area contributed by atoms with Crippen molar-refractivity contribution in [2.45, 2.75) is 49.1 Å². The zero-order chi connectivity index (χ0) is 31.0. The van der Waals surface area contributed by atoms with Crippen LogP contribution in [-0.2, 0) is 43.9 Å². The maximum absolute atomic E-state index is 15.8. The summed E-state index contributed by atoms with van der Waals surface area (Å²) in [4.78, 5) is 35.4. The molecule has 3 saturated heterocycles. The summed E-state index contributed by atoms with van der Waals surface area (Å²) in [5.41, 5.74) is 12.6. The average Bonchev–Trinajstić information content (AvgIpc) is 3.73. The van der Waals surface area contributed by atoms with Crippen molar-refractivity contribution in [3.8, 4) is 0 Å². The standard InChI is InChI=1S/C20H23FN10O9P2S2/c21-9-7-1-35-41(33,43)39-13-8(38-19(12(13)32)30-5-28-10-15(22)24-3-26-17(10)30)2-36-42(34,44)40-14(9)20(37-7)31-6-29-11-16(23)25-4-27-18(11)31/h3-9,12-14,19-20,32H,1-2H2,(H,33,43)(H,34,44)(H2,22,24,26)(H2,23,25,27)/t7?,8?,9-,12-,13-,14-,19-,20-,41?,42?/m1/s1. The lowest BCUT2D eigenvalue weighted by molar-refractivity contribution is -0.0593. The van der Waals surface area contributed by atoms with E-state index < -0.39 is 75.9 Å². The predicted molar refractivity (Wildman–Crippen MR) is 153 cm³/mol. The molecular weight excluding hydrogens is 669 g/mol. The second-order valence-corrected chi connectivity index (χ2v) is 15.6. The van der Waals surface area contributed by atoms with E-state index in [1.165, 1.54) is 34.4 Å². The smallest absolute Gasteiger partial charge is 0.386 e. The Labute approximate surface area is 256 Å². The molecule has 24 heteroatoms. The number of alkyl halides is 1. The van der Waals surface area contributed by atoms with Gasteiger partial charge in [0.1, 0.15) is 54.2 Å². The first-order valence-electron chi connectivity index (χ1n) is 12.7. The van der Waals surface area contributed by atoms with Crippen LogP contribution in [0.15, 0.2) is 25.3 Å². The maximum atomic E-state index is 15.8. The summed E-state index contributed by atoms with van der Waals surface area (Å²) in [6.07, 6.45) is -6.68. The molecule has 4 aromatic heterocycles. The molecule has 7 rings (SSSR count). The highest BCUT2D eigenvalue weighted by atomic mass is 32.7. The number of halogens is 1. The maximum Gasteiger partial charge on any atom is 0.386 e. The van der Waals surface area contributed by atoms with Crippen LogP contribution in [0, 0.1) is 0 Å². The molecule has 44 heavy (non-hydrogen) atoms. The zero-order valence-electron chi connectivity index (χ0n) is 22.0. The molecule has 2 bridgehead atoms. The SMILES string of the molecule is Nc1ncnc2c1ncn2[C@@H]1OC2COP(O)(=S)O[C@@H]3[C@H](F)C(COP(=O)(S)O[C@H]2[C@H]1O)O[C@H]3n1cnc2c(N)ncnc21. The number of thiol groups is 1. The van der Waals surface area contributed by atoms with E-state index in [-0.39, 0.29) is 34.0 Å².